The molecule has 0 radical (unpaired) electrons. The number of rotatable bonds is 10. The summed E-state index contributed by atoms with van der Waals surface area (Å²) in [5.41, 5.74) is 6.96. The zero-order chi connectivity index (χ0) is 28.9. The minimum Gasteiger partial charge on any atom is -0.384 e. The molecule has 1 saturated heterocycles. The molecule has 0 saturated carbocycles. The average Bonchev–Trinajstić information content (AvgIpc) is 3.01. The van der Waals surface area contributed by atoms with Gasteiger partial charge in [-0.2, -0.15) is 0 Å². The number of unbranched alkanes of at least 4 members (excludes halogenated alkanes) is 2. The lowest BCUT2D eigenvalue weighted by Gasteiger charge is -2.40. The summed E-state index contributed by atoms with van der Waals surface area (Å²) in [7, 11) is 0. The molecule has 220 valence electrons. The second-order valence-corrected chi connectivity index (χ2v) is 12.1. The molecule has 0 bridgehead atoms. The van der Waals surface area contributed by atoms with Gasteiger partial charge in [0.1, 0.15) is 11.6 Å². The van der Waals surface area contributed by atoms with Crippen LogP contribution in [-0.2, 0) is 12.8 Å². The van der Waals surface area contributed by atoms with E-state index in [0.717, 1.165) is 80.2 Å². The van der Waals surface area contributed by atoms with Gasteiger partial charge in [-0.25, -0.2) is 8.78 Å². The fraction of sp³-hybridized carbons (Fsp3) is 0.400. The smallest absolute Gasteiger partial charge is 0.123 e. The number of halogens is 3. The lowest BCUT2D eigenvalue weighted by Crippen LogP contribution is -2.48. The molecule has 4 nitrogen and oxygen atoms in total. The number of piperazine rings is 1. The number of anilines is 1. The topological polar surface area (TPSA) is 31.4 Å². The normalized spacial score (nSPS) is 16.2. The van der Waals surface area contributed by atoms with Gasteiger partial charge in [0.05, 0.1) is 11.6 Å². The monoisotopic (exact) mass is 588 g/mol. The Bertz CT molecular complexity index is 1440. The first-order valence-electron chi connectivity index (χ1n) is 15.4. The molecule has 0 unspecified atom stereocenters. The summed E-state index contributed by atoms with van der Waals surface area (Å²) in [6, 6.07) is 19.5. The molecule has 0 spiro atoms. The first-order valence-corrected chi connectivity index (χ1v) is 15.8. The molecule has 0 amide bonds. The first kappa shape index (κ1) is 29.0. The van der Waals surface area contributed by atoms with Crippen LogP contribution >= 0.6 is 11.6 Å². The summed E-state index contributed by atoms with van der Waals surface area (Å²) in [6.07, 6.45) is 8.06. The highest BCUT2D eigenvalue weighted by atomic mass is 35.5. The minimum absolute atomic E-state index is 0.00883. The Hall–Kier alpha value is -3.06. The molecule has 1 aliphatic heterocycles. The zero-order valence-electron chi connectivity index (χ0n) is 24.1. The van der Waals surface area contributed by atoms with E-state index in [1.807, 2.05) is 36.4 Å². The SMILES string of the molecule is Fc1ccc(C(c2ccc(F)cc2)N2CCN(CCCCCNc3c4c(nc5cc(Cl)ccc35)CCCC4)CC2)cc1. The summed E-state index contributed by atoms with van der Waals surface area (Å²) in [5, 5.41) is 5.69. The Morgan fingerprint density at radius 3 is 2.14 bits per heavy atom. The molecular formula is C35H39ClF2N4. The number of aryl methyl sites for hydroxylation is 1. The van der Waals surface area contributed by atoms with E-state index in [2.05, 4.69) is 21.2 Å². The Morgan fingerprint density at radius 2 is 1.45 bits per heavy atom. The molecule has 2 aliphatic rings. The van der Waals surface area contributed by atoms with Gasteiger partial charge < -0.3 is 10.2 Å². The molecule has 1 fully saturated rings. The van der Waals surface area contributed by atoms with Gasteiger partial charge in [0.15, 0.2) is 0 Å². The van der Waals surface area contributed by atoms with Crippen LogP contribution in [-0.4, -0.2) is 54.1 Å². The van der Waals surface area contributed by atoms with Crippen LogP contribution in [0, 0.1) is 11.6 Å². The largest absolute Gasteiger partial charge is 0.384 e. The molecule has 2 heterocycles. The molecule has 7 heteroatoms. The van der Waals surface area contributed by atoms with Gasteiger partial charge in [0, 0.05) is 54.5 Å². The van der Waals surface area contributed by atoms with Crippen molar-refractivity contribution in [1.82, 2.24) is 14.8 Å². The van der Waals surface area contributed by atoms with E-state index >= 15 is 0 Å². The van der Waals surface area contributed by atoms with Crippen molar-refractivity contribution in [3.63, 3.8) is 0 Å². The third kappa shape index (κ3) is 6.77. The molecule has 42 heavy (non-hydrogen) atoms. The third-order valence-electron chi connectivity index (χ3n) is 8.82. The minimum atomic E-state index is -0.241. The molecule has 1 aliphatic carbocycles. The highest BCUT2D eigenvalue weighted by Crippen LogP contribution is 2.34. The van der Waals surface area contributed by atoms with Gasteiger partial charge in [-0.15, -0.1) is 0 Å². The van der Waals surface area contributed by atoms with Crippen LogP contribution in [0.4, 0.5) is 14.5 Å². The molecular weight excluding hydrogens is 550 g/mol. The molecule has 0 atom stereocenters. The predicted molar refractivity (Wildman–Crippen MR) is 168 cm³/mol. The van der Waals surface area contributed by atoms with Gasteiger partial charge in [0.2, 0.25) is 0 Å². The van der Waals surface area contributed by atoms with Crippen molar-refractivity contribution >= 4 is 28.2 Å². The average molecular weight is 589 g/mol. The number of fused-ring (bicyclic) bond motifs is 2. The molecule has 4 aromatic rings. The summed E-state index contributed by atoms with van der Waals surface area (Å²) >= 11 is 6.28. The van der Waals surface area contributed by atoms with Crippen LogP contribution in [0.15, 0.2) is 66.7 Å². The summed E-state index contributed by atoms with van der Waals surface area (Å²) in [4.78, 5) is 9.93. The van der Waals surface area contributed by atoms with E-state index in [1.54, 1.807) is 0 Å². The van der Waals surface area contributed by atoms with Crippen LogP contribution in [0.5, 0.6) is 0 Å². The Kier molecular flexibility index (Phi) is 9.33. The maximum atomic E-state index is 13.6. The maximum Gasteiger partial charge on any atom is 0.123 e. The van der Waals surface area contributed by atoms with E-state index in [0.29, 0.717) is 0 Å². The van der Waals surface area contributed by atoms with Crippen LogP contribution in [0.25, 0.3) is 10.9 Å². The van der Waals surface area contributed by atoms with Crippen molar-refractivity contribution < 1.29 is 8.78 Å². The van der Waals surface area contributed by atoms with Crippen molar-refractivity contribution in [3.8, 4) is 0 Å². The Morgan fingerprint density at radius 1 is 0.786 bits per heavy atom. The molecule has 1 aromatic heterocycles. The van der Waals surface area contributed by atoms with Crippen molar-refractivity contribution in [3.05, 3.63) is 106 Å². The number of hydrogen-bond acceptors (Lipinski definition) is 4. The number of nitrogens with zero attached hydrogens (tertiary/aromatic N) is 3. The second-order valence-electron chi connectivity index (χ2n) is 11.7. The molecule has 1 N–H and O–H groups in total. The Labute approximate surface area is 252 Å². The van der Waals surface area contributed by atoms with Crippen LogP contribution in [0.3, 0.4) is 0 Å². The fourth-order valence-corrected chi connectivity index (χ4v) is 6.77. The van der Waals surface area contributed by atoms with Crippen molar-refractivity contribution in [2.75, 3.05) is 44.6 Å². The van der Waals surface area contributed by atoms with Gasteiger partial charge in [-0.3, -0.25) is 9.88 Å². The van der Waals surface area contributed by atoms with Crippen LogP contribution in [0.1, 0.15) is 60.5 Å². The number of nitrogens with one attached hydrogen (secondary N) is 1. The van der Waals surface area contributed by atoms with Gasteiger partial charge in [0.25, 0.3) is 0 Å². The van der Waals surface area contributed by atoms with Crippen molar-refractivity contribution in [2.24, 2.45) is 0 Å². The lowest BCUT2D eigenvalue weighted by atomic mass is 9.92. The molecule has 6 rings (SSSR count). The number of aromatic nitrogens is 1. The van der Waals surface area contributed by atoms with Crippen LogP contribution in [0.2, 0.25) is 5.02 Å². The summed E-state index contributed by atoms with van der Waals surface area (Å²) < 4.78 is 27.3. The summed E-state index contributed by atoms with van der Waals surface area (Å²) in [6.45, 7) is 5.89. The van der Waals surface area contributed by atoms with E-state index in [1.165, 1.54) is 72.3 Å². The lowest BCUT2D eigenvalue weighted by molar-refractivity contribution is 0.108. The predicted octanol–water partition coefficient (Wildman–Crippen LogP) is 8.03. The first-order chi connectivity index (χ1) is 20.5. The van der Waals surface area contributed by atoms with E-state index in [4.69, 9.17) is 16.6 Å². The molecule has 3 aromatic carbocycles. The number of pyridine rings is 1. The van der Waals surface area contributed by atoms with Gasteiger partial charge in [-0.1, -0.05) is 42.3 Å². The zero-order valence-corrected chi connectivity index (χ0v) is 24.9. The third-order valence-corrected chi connectivity index (χ3v) is 9.06. The van der Waals surface area contributed by atoms with Crippen molar-refractivity contribution in [1.29, 1.82) is 0 Å². The quantitative estimate of drug-likeness (QED) is 0.190. The standard InChI is InChI=1S/C35H39ClF2N4/c36-27-12-17-31-33(24-27)40-32-7-3-2-6-30(32)34(31)39-18-4-1-5-19-41-20-22-42(23-21-41)35(25-8-13-28(37)14-9-25)26-10-15-29(38)16-11-26/h8-17,24,35H,1-7,18-23H2,(H,39,40). The summed E-state index contributed by atoms with van der Waals surface area (Å²) in [5.74, 6) is -0.481. The van der Waals surface area contributed by atoms with Crippen LogP contribution < -0.4 is 5.32 Å². The van der Waals surface area contributed by atoms with Gasteiger partial charge >= 0.3 is 0 Å². The highest BCUT2D eigenvalue weighted by molar-refractivity contribution is 6.31. The Balaban J connectivity index is 0.995. The van der Waals surface area contributed by atoms with E-state index in [-0.39, 0.29) is 17.7 Å². The van der Waals surface area contributed by atoms with Crippen molar-refractivity contribution in [2.45, 2.75) is 51.0 Å². The number of hydrogen-bond donors (Lipinski definition) is 1. The number of benzene rings is 3. The second kappa shape index (κ2) is 13.5. The van der Waals surface area contributed by atoms with E-state index in [9.17, 15) is 8.78 Å². The highest BCUT2D eigenvalue weighted by Gasteiger charge is 2.26. The van der Waals surface area contributed by atoms with E-state index < -0.39 is 0 Å². The fourth-order valence-electron chi connectivity index (χ4n) is 6.60. The van der Waals surface area contributed by atoms with Gasteiger partial charge in [-0.05, 0) is 104 Å². The maximum absolute atomic E-state index is 13.6.